The molecular formula is C23H24ClNO5. The zero-order valence-corrected chi connectivity index (χ0v) is 17.6. The van der Waals surface area contributed by atoms with Crippen molar-refractivity contribution in [2.75, 3.05) is 13.7 Å². The van der Waals surface area contributed by atoms with Gasteiger partial charge in [0, 0.05) is 12.1 Å². The lowest BCUT2D eigenvalue weighted by Crippen LogP contribution is -2.30. The number of ketones is 1. The third-order valence-electron chi connectivity index (χ3n) is 5.16. The Labute approximate surface area is 180 Å². The number of carbonyl (C=O) groups is 2. The summed E-state index contributed by atoms with van der Waals surface area (Å²) in [7, 11) is 1.48. The molecule has 0 aromatic heterocycles. The maximum Gasteiger partial charge on any atom is 0.295 e. The smallest absolute Gasteiger partial charge is 0.295 e. The molecule has 158 valence electrons. The first kappa shape index (κ1) is 21.7. The Kier molecular flexibility index (Phi) is 6.67. The van der Waals surface area contributed by atoms with E-state index in [4.69, 9.17) is 16.3 Å². The number of phenols is 1. The van der Waals surface area contributed by atoms with Crippen molar-refractivity contribution in [3.05, 3.63) is 64.2 Å². The van der Waals surface area contributed by atoms with Gasteiger partial charge in [0.15, 0.2) is 0 Å². The number of methoxy groups -OCH3 is 1. The highest BCUT2D eigenvalue weighted by molar-refractivity contribution is 6.47. The van der Waals surface area contributed by atoms with Gasteiger partial charge in [-0.1, -0.05) is 43.5 Å². The zero-order valence-electron chi connectivity index (χ0n) is 16.9. The molecule has 0 saturated carbocycles. The first-order chi connectivity index (χ1) is 14.4. The molecule has 0 spiro atoms. The van der Waals surface area contributed by atoms with Gasteiger partial charge in [0.25, 0.3) is 11.7 Å². The first-order valence-corrected chi connectivity index (χ1v) is 10.2. The van der Waals surface area contributed by atoms with E-state index in [0.717, 1.165) is 19.3 Å². The number of halogens is 1. The molecule has 6 nitrogen and oxygen atoms in total. The second-order valence-electron chi connectivity index (χ2n) is 7.14. The van der Waals surface area contributed by atoms with Crippen LogP contribution in [0.4, 0.5) is 0 Å². The van der Waals surface area contributed by atoms with Gasteiger partial charge >= 0.3 is 0 Å². The average Bonchev–Trinajstić information content (AvgIpc) is 2.99. The van der Waals surface area contributed by atoms with Gasteiger partial charge in [-0.2, -0.15) is 0 Å². The second kappa shape index (κ2) is 9.22. The van der Waals surface area contributed by atoms with Crippen LogP contribution in [0.3, 0.4) is 0 Å². The van der Waals surface area contributed by atoms with Crippen LogP contribution < -0.4 is 4.74 Å². The third kappa shape index (κ3) is 4.14. The molecule has 1 heterocycles. The minimum atomic E-state index is -0.823. The number of ether oxygens (including phenoxy) is 1. The van der Waals surface area contributed by atoms with Crippen LogP contribution in [-0.2, 0) is 9.59 Å². The van der Waals surface area contributed by atoms with E-state index in [1.807, 2.05) is 6.92 Å². The molecule has 2 aromatic rings. The minimum Gasteiger partial charge on any atom is -0.508 e. The number of likely N-dealkylation sites (tertiary alicyclic amines) is 1. The van der Waals surface area contributed by atoms with Crippen molar-refractivity contribution >= 4 is 29.1 Å². The molecule has 1 atom stereocenters. The summed E-state index contributed by atoms with van der Waals surface area (Å²) < 4.78 is 5.20. The highest BCUT2D eigenvalue weighted by Crippen LogP contribution is 2.41. The Hall–Kier alpha value is -2.99. The Morgan fingerprint density at radius 2 is 1.93 bits per heavy atom. The van der Waals surface area contributed by atoms with Gasteiger partial charge < -0.3 is 19.8 Å². The molecule has 1 saturated heterocycles. The van der Waals surface area contributed by atoms with E-state index < -0.39 is 17.7 Å². The number of amides is 1. The van der Waals surface area contributed by atoms with Gasteiger partial charge in [-0.15, -0.1) is 0 Å². The molecule has 0 bridgehead atoms. The number of phenolic OH excluding ortho intramolecular Hbond substituents is 1. The van der Waals surface area contributed by atoms with E-state index in [2.05, 4.69) is 0 Å². The maximum absolute atomic E-state index is 13.0. The lowest BCUT2D eigenvalue weighted by molar-refractivity contribution is -0.139. The molecule has 0 radical (unpaired) electrons. The predicted molar refractivity (Wildman–Crippen MR) is 115 cm³/mol. The molecule has 0 aliphatic carbocycles. The van der Waals surface area contributed by atoms with Crippen LogP contribution in [0.25, 0.3) is 5.76 Å². The number of benzene rings is 2. The van der Waals surface area contributed by atoms with Gasteiger partial charge in [-0.25, -0.2) is 0 Å². The average molecular weight is 430 g/mol. The number of rotatable bonds is 7. The summed E-state index contributed by atoms with van der Waals surface area (Å²) in [6.07, 6.45) is 2.58. The monoisotopic (exact) mass is 429 g/mol. The number of aromatic hydroxyl groups is 1. The van der Waals surface area contributed by atoms with Crippen LogP contribution in [0, 0.1) is 0 Å². The summed E-state index contributed by atoms with van der Waals surface area (Å²) in [5, 5.41) is 21.3. The molecule has 3 rings (SSSR count). The molecule has 7 heteroatoms. The highest BCUT2D eigenvalue weighted by Gasteiger charge is 2.46. The van der Waals surface area contributed by atoms with Gasteiger partial charge in [0.1, 0.15) is 17.3 Å². The van der Waals surface area contributed by atoms with Crippen molar-refractivity contribution in [2.45, 2.75) is 32.2 Å². The molecule has 1 aliphatic heterocycles. The summed E-state index contributed by atoms with van der Waals surface area (Å²) in [5.41, 5.74) is 0.677. The van der Waals surface area contributed by atoms with E-state index in [0.29, 0.717) is 17.9 Å². The molecule has 1 aliphatic rings. The summed E-state index contributed by atoms with van der Waals surface area (Å²) in [6, 6.07) is 10.2. The third-order valence-corrected chi connectivity index (χ3v) is 5.49. The fourth-order valence-electron chi connectivity index (χ4n) is 3.64. The first-order valence-electron chi connectivity index (χ1n) is 9.80. The van der Waals surface area contributed by atoms with Gasteiger partial charge in [-0.3, -0.25) is 9.59 Å². The number of hydrogen-bond donors (Lipinski definition) is 2. The van der Waals surface area contributed by atoms with Crippen LogP contribution in [0.2, 0.25) is 5.02 Å². The summed E-state index contributed by atoms with van der Waals surface area (Å²) in [6.45, 7) is 2.41. The van der Waals surface area contributed by atoms with Crippen molar-refractivity contribution in [2.24, 2.45) is 0 Å². The maximum atomic E-state index is 13.0. The van der Waals surface area contributed by atoms with E-state index in [9.17, 15) is 19.8 Å². The van der Waals surface area contributed by atoms with E-state index in [-0.39, 0.29) is 27.7 Å². The van der Waals surface area contributed by atoms with Crippen molar-refractivity contribution in [3.8, 4) is 11.5 Å². The summed E-state index contributed by atoms with van der Waals surface area (Å²) in [5.74, 6) is -1.38. The standard InChI is InChI=1S/C23H24ClNO5/c1-3-4-5-11-25-20(14-7-6-8-15(26)12-14)19(22(28)23(25)29)21(27)17-13-16(30-2)9-10-18(17)24/h6-10,12-13,20,26-27H,3-5,11H2,1-2H3/b21-19+. The second-order valence-corrected chi connectivity index (χ2v) is 7.55. The number of unbranched alkanes of at least 4 members (excludes halogenated alkanes) is 2. The normalized spacial score (nSPS) is 18.1. The van der Waals surface area contributed by atoms with Crippen molar-refractivity contribution in [1.82, 2.24) is 4.90 Å². The predicted octanol–water partition coefficient (Wildman–Crippen LogP) is 4.67. The number of Topliss-reactive ketones (excluding diaryl/α,β-unsaturated/α-hetero) is 1. The summed E-state index contributed by atoms with van der Waals surface area (Å²) >= 11 is 6.27. The van der Waals surface area contributed by atoms with E-state index in [1.54, 1.807) is 24.3 Å². The number of nitrogens with zero attached hydrogens (tertiary/aromatic N) is 1. The molecule has 1 unspecified atom stereocenters. The van der Waals surface area contributed by atoms with Gasteiger partial charge in [0.2, 0.25) is 0 Å². The lowest BCUT2D eigenvalue weighted by atomic mass is 9.95. The molecule has 1 amide bonds. The van der Waals surface area contributed by atoms with Gasteiger partial charge in [-0.05, 0) is 42.3 Å². The lowest BCUT2D eigenvalue weighted by Gasteiger charge is -2.25. The van der Waals surface area contributed by atoms with Crippen LogP contribution in [0.5, 0.6) is 11.5 Å². The van der Waals surface area contributed by atoms with Crippen molar-refractivity contribution < 1.29 is 24.5 Å². The fraction of sp³-hybridized carbons (Fsp3) is 0.304. The fourth-order valence-corrected chi connectivity index (χ4v) is 3.85. The topological polar surface area (TPSA) is 87.1 Å². The molecule has 1 fully saturated rings. The molecular weight excluding hydrogens is 406 g/mol. The largest absolute Gasteiger partial charge is 0.508 e. The highest BCUT2D eigenvalue weighted by atomic mass is 35.5. The van der Waals surface area contributed by atoms with Crippen LogP contribution in [0.15, 0.2) is 48.0 Å². The molecule has 30 heavy (non-hydrogen) atoms. The molecule has 2 N–H and O–H groups in total. The Morgan fingerprint density at radius 1 is 1.17 bits per heavy atom. The van der Waals surface area contributed by atoms with Crippen LogP contribution in [0.1, 0.15) is 43.4 Å². The van der Waals surface area contributed by atoms with Crippen LogP contribution in [-0.4, -0.2) is 40.5 Å². The van der Waals surface area contributed by atoms with Crippen molar-refractivity contribution in [1.29, 1.82) is 0 Å². The molecule has 2 aromatic carbocycles. The Balaban J connectivity index is 2.18. The van der Waals surface area contributed by atoms with Crippen molar-refractivity contribution in [3.63, 3.8) is 0 Å². The number of aliphatic hydroxyl groups excluding tert-OH is 1. The summed E-state index contributed by atoms with van der Waals surface area (Å²) in [4.78, 5) is 27.2. The number of hydrogen-bond acceptors (Lipinski definition) is 5. The number of aliphatic hydroxyl groups is 1. The van der Waals surface area contributed by atoms with E-state index >= 15 is 0 Å². The van der Waals surface area contributed by atoms with E-state index in [1.165, 1.54) is 30.2 Å². The minimum absolute atomic E-state index is 0.00561. The SMILES string of the molecule is CCCCCN1C(=O)C(=O)/C(=C(/O)c2cc(OC)ccc2Cl)C1c1cccc(O)c1. The van der Waals surface area contributed by atoms with Gasteiger partial charge in [0.05, 0.1) is 23.7 Å². The van der Waals surface area contributed by atoms with Crippen LogP contribution >= 0.6 is 11.6 Å². The Morgan fingerprint density at radius 3 is 2.60 bits per heavy atom. The number of carbonyl (C=O) groups excluding carboxylic acids is 2. The zero-order chi connectivity index (χ0) is 21.8. The quantitative estimate of drug-likeness (QED) is 0.289. The Bertz CT molecular complexity index is 1000.